The molecule has 0 aliphatic rings. The van der Waals surface area contributed by atoms with Crippen LogP contribution in [0.5, 0.6) is 5.75 Å². The molecule has 2 rings (SSSR count). The Hall–Kier alpha value is -1.87. The van der Waals surface area contributed by atoms with E-state index in [1.807, 2.05) is 36.4 Å². The van der Waals surface area contributed by atoms with Gasteiger partial charge in [0.15, 0.2) is 11.6 Å². The van der Waals surface area contributed by atoms with Gasteiger partial charge >= 0.3 is 0 Å². The molecule has 3 heteroatoms. The quantitative estimate of drug-likeness (QED) is 0.867. The third-order valence-corrected chi connectivity index (χ3v) is 3.45. The van der Waals surface area contributed by atoms with Crippen LogP contribution >= 0.6 is 0 Å². The van der Waals surface area contributed by atoms with Gasteiger partial charge in [-0.3, -0.25) is 0 Å². The highest BCUT2D eigenvalue weighted by atomic mass is 19.1. The molecule has 0 radical (unpaired) electrons. The number of halogens is 1. The van der Waals surface area contributed by atoms with Crippen molar-refractivity contribution in [3.8, 4) is 5.75 Å². The van der Waals surface area contributed by atoms with Gasteiger partial charge in [-0.05, 0) is 36.5 Å². The lowest BCUT2D eigenvalue weighted by molar-refractivity contribution is 0.383. The molecule has 0 heterocycles. The molecule has 1 unspecified atom stereocenters. The van der Waals surface area contributed by atoms with Gasteiger partial charge < -0.3 is 10.5 Å². The van der Waals surface area contributed by atoms with Crippen LogP contribution in [0.15, 0.2) is 48.5 Å². The zero-order chi connectivity index (χ0) is 14.4. The second-order valence-electron chi connectivity index (χ2n) is 4.84. The van der Waals surface area contributed by atoms with Crippen molar-refractivity contribution >= 4 is 0 Å². The van der Waals surface area contributed by atoms with Gasteiger partial charge in [0.2, 0.25) is 0 Å². The predicted octanol–water partition coefficient (Wildman–Crippen LogP) is 3.86. The molecule has 106 valence electrons. The number of nitrogens with two attached hydrogens (primary N) is 1. The van der Waals surface area contributed by atoms with Gasteiger partial charge in [0.1, 0.15) is 0 Å². The second kappa shape index (κ2) is 7.06. The fourth-order valence-electron chi connectivity index (χ4n) is 2.29. The van der Waals surface area contributed by atoms with Gasteiger partial charge in [0.25, 0.3) is 0 Å². The largest absolute Gasteiger partial charge is 0.494 e. The highest BCUT2D eigenvalue weighted by Gasteiger charge is 2.09. The van der Waals surface area contributed by atoms with Crippen molar-refractivity contribution < 1.29 is 9.13 Å². The van der Waals surface area contributed by atoms with E-state index in [9.17, 15) is 4.39 Å². The Morgan fingerprint density at radius 3 is 2.55 bits per heavy atom. The Kier molecular flexibility index (Phi) is 5.13. The Bertz CT molecular complexity index is 542. The van der Waals surface area contributed by atoms with Crippen molar-refractivity contribution in [2.75, 3.05) is 7.11 Å². The number of rotatable bonds is 6. The first-order valence-corrected chi connectivity index (χ1v) is 6.84. The Morgan fingerprint density at radius 2 is 1.85 bits per heavy atom. The summed E-state index contributed by atoms with van der Waals surface area (Å²) in [4.78, 5) is 0. The third-order valence-electron chi connectivity index (χ3n) is 3.45. The van der Waals surface area contributed by atoms with Gasteiger partial charge in [-0.25, -0.2) is 4.39 Å². The predicted molar refractivity (Wildman–Crippen MR) is 79.3 cm³/mol. The van der Waals surface area contributed by atoms with Gasteiger partial charge in [0, 0.05) is 6.04 Å². The highest BCUT2D eigenvalue weighted by Crippen LogP contribution is 2.23. The van der Waals surface area contributed by atoms with Crippen molar-refractivity contribution in [1.82, 2.24) is 0 Å². The van der Waals surface area contributed by atoms with Crippen LogP contribution in [-0.2, 0) is 6.42 Å². The molecule has 2 aromatic rings. The number of benzene rings is 2. The zero-order valence-corrected chi connectivity index (χ0v) is 11.7. The van der Waals surface area contributed by atoms with Crippen molar-refractivity contribution in [2.45, 2.75) is 25.3 Å². The second-order valence-corrected chi connectivity index (χ2v) is 4.84. The van der Waals surface area contributed by atoms with Crippen LogP contribution in [0.1, 0.15) is 30.0 Å². The average molecular weight is 273 g/mol. The minimum atomic E-state index is -0.261. The van der Waals surface area contributed by atoms with Crippen LogP contribution in [0.3, 0.4) is 0 Å². The molecule has 1 atom stereocenters. The monoisotopic (exact) mass is 273 g/mol. The number of hydrogen-bond donors (Lipinski definition) is 1. The van der Waals surface area contributed by atoms with Gasteiger partial charge in [-0.2, -0.15) is 0 Å². The first kappa shape index (κ1) is 14.5. The average Bonchev–Trinajstić information content (AvgIpc) is 2.49. The van der Waals surface area contributed by atoms with E-state index >= 15 is 0 Å². The highest BCUT2D eigenvalue weighted by molar-refractivity contribution is 5.31. The van der Waals surface area contributed by atoms with E-state index in [0.29, 0.717) is 17.7 Å². The first-order valence-electron chi connectivity index (χ1n) is 6.84. The smallest absolute Gasteiger partial charge is 0.168 e. The lowest BCUT2D eigenvalue weighted by Gasteiger charge is -2.12. The molecule has 0 aliphatic carbocycles. The number of aryl methyl sites for hydroxylation is 1. The molecule has 0 saturated carbocycles. The fraction of sp³-hybridized carbons (Fsp3) is 0.294. The molecule has 0 fully saturated rings. The van der Waals surface area contributed by atoms with E-state index in [1.165, 1.54) is 7.11 Å². The number of methoxy groups -OCH3 is 1. The normalized spacial score (nSPS) is 12.2. The van der Waals surface area contributed by atoms with Gasteiger partial charge in [-0.1, -0.05) is 42.5 Å². The molecule has 0 bridgehead atoms. The Balaban J connectivity index is 1.90. The van der Waals surface area contributed by atoms with Crippen molar-refractivity contribution in [2.24, 2.45) is 5.73 Å². The Morgan fingerprint density at radius 1 is 1.10 bits per heavy atom. The van der Waals surface area contributed by atoms with Crippen LogP contribution in [0.2, 0.25) is 0 Å². The van der Waals surface area contributed by atoms with Crippen LogP contribution in [-0.4, -0.2) is 7.11 Å². The summed E-state index contributed by atoms with van der Waals surface area (Å²) in [6.45, 7) is 0. The summed E-state index contributed by atoms with van der Waals surface area (Å²) in [5, 5.41) is 0. The minimum Gasteiger partial charge on any atom is -0.494 e. The van der Waals surface area contributed by atoms with Gasteiger partial charge in [0.05, 0.1) is 7.11 Å². The topological polar surface area (TPSA) is 35.2 Å². The van der Waals surface area contributed by atoms with Gasteiger partial charge in [-0.15, -0.1) is 0 Å². The van der Waals surface area contributed by atoms with Crippen LogP contribution in [0, 0.1) is 5.82 Å². The molecule has 2 nitrogen and oxygen atoms in total. The molecule has 0 saturated heterocycles. The van der Waals surface area contributed by atoms with Crippen molar-refractivity contribution in [1.29, 1.82) is 0 Å². The Labute approximate surface area is 119 Å². The summed E-state index contributed by atoms with van der Waals surface area (Å²) in [6, 6.07) is 15.2. The number of ether oxygens (including phenoxy) is 1. The summed E-state index contributed by atoms with van der Waals surface area (Å²) in [6.07, 6.45) is 2.35. The third kappa shape index (κ3) is 3.58. The molecule has 2 aromatic carbocycles. The maximum absolute atomic E-state index is 14.0. The summed E-state index contributed by atoms with van der Waals surface area (Å²) in [7, 11) is 1.48. The minimum absolute atomic E-state index is 0.00451. The van der Waals surface area contributed by atoms with E-state index in [4.69, 9.17) is 10.5 Å². The summed E-state index contributed by atoms with van der Waals surface area (Å²) in [5.41, 5.74) is 7.94. The van der Waals surface area contributed by atoms with E-state index in [1.54, 1.807) is 12.1 Å². The SMILES string of the molecule is COc1cccc(CCCC(N)c2ccccc2)c1F. The lowest BCUT2D eigenvalue weighted by Crippen LogP contribution is -2.10. The van der Waals surface area contributed by atoms with Crippen molar-refractivity contribution in [3.63, 3.8) is 0 Å². The molecule has 0 aromatic heterocycles. The van der Waals surface area contributed by atoms with E-state index in [0.717, 1.165) is 18.4 Å². The number of hydrogen-bond acceptors (Lipinski definition) is 2. The zero-order valence-electron chi connectivity index (χ0n) is 11.7. The molecule has 0 amide bonds. The van der Waals surface area contributed by atoms with Crippen LogP contribution in [0.25, 0.3) is 0 Å². The molecule has 0 spiro atoms. The fourth-order valence-corrected chi connectivity index (χ4v) is 2.29. The maximum atomic E-state index is 14.0. The summed E-state index contributed by atoms with van der Waals surface area (Å²) >= 11 is 0. The molecule has 2 N–H and O–H groups in total. The lowest BCUT2D eigenvalue weighted by atomic mass is 9.99. The maximum Gasteiger partial charge on any atom is 0.168 e. The molecule has 0 aliphatic heterocycles. The molecular weight excluding hydrogens is 253 g/mol. The van der Waals surface area contributed by atoms with E-state index in [-0.39, 0.29) is 11.9 Å². The van der Waals surface area contributed by atoms with Crippen molar-refractivity contribution in [3.05, 3.63) is 65.5 Å². The summed E-state index contributed by atoms with van der Waals surface area (Å²) < 4.78 is 18.9. The van der Waals surface area contributed by atoms with Crippen LogP contribution in [0.4, 0.5) is 4.39 Å². The first-order chi connectivity index (χ1) is 9.72. The van der Waals surface area contributed by atoms with E-state index in [2.05, 4.69) is 0 Å². The molecular formula is C17H20FNO. The summed E-state index contributed by atoms with van der Waals surface area (Å²) in [5.74, 6) is 0.0399. The standard InChI is InChI=1S/C17H20FNO/c1-20-16-12-6-10-14(17(16)18)9-5-11-15(19)13-7-3-2-4-8-13/h2-4,6-8,10,12,15H,5,9,11,19H2,1H3. The van der Waals surface area contributed by atoms with E-state index < -0.39 is 0 Å². The van der Waals surface area contributed by atoms with Crippen LogP contribution < -0.4 is 10.5 Å². The molecule has 20 heavy (non-hydrogen) atoms.